The van der Waals surface area contributed by atoms with Gasteiger partial charge in [0.05, 0.1) is 37.4 Å². The molecule has 0 saturated carbocycles. The third kappa shape index (κ3) is 5.79. The van der Waals surface area contributed by atoms with Crippen molar-refractivity contribution < 1.29 is 18.9 Å². The van der Waals surface area contributed by atoms with E-state index < -0.39 is 0 Å². The van der Waals surface area contributed by atoms with Crippen molar-refractivity contribution in [3.63, 3.8) is 0 Å². The molecule has 2 aromatic carbocycles. The van der Waals surface area contributed by atoms with E-state index in [4.69, 9.17) is 18.9 Å². The fourth-order valence-electron chi connectivity index (χ4n) is 3.05. The molecule has 0 aliphatic heterocycles. The van der Waals surface area contributed by atoms with E-state index in [1.807, 2.05) is 24.3 Å². The Labute approximate surface area is 178 Å². The smallest absolute Gasteiger partial charge is 0.133 e. The van der Waals surface area contributed by atoms with Crippen molar-refractivity contribution in [3.05, 3.63) is 44.3 Å². The molecule has 0 aliphatic carbocycles. The van der Waals surface area contributed by atoms with E-state index in [0.29, 0.717) is 0 Å². The number of methoxy groups -OCH3 is 4. The summed E-state index contributed by atoms with van der Waals surface area (Å²) in [4.78, 5) is 0. The largest absolute Gasteiger partial charge is 0.496 e. The maximum Gasteiger partial charge on any atom is 0.133 e. The molecule has 0 heterocycles. The van der Waals surface area contributed by atoms with E-state index in [9.17, 15) is 0 Å². The average Bonchev–Trinajstić information content (AvgIpc) is 2.68. The number of unbranched alkanes of at least 4 members (excludes halogenated alkanes) is 2. The minimum Gasteiger partial charge on any atom is -0.496 e. The summed E-state index contributed by atoms with van der Waals surface area (Å²) in [6.45, 7) is 0. The molecule has 2 aromatic rings. The Balaban J connectivity index is 1.93. The molecule has 0 aromatic heterocycles. The molecule has 0 N–H and O–H groups in total. The fourth-order valence-corrected chi connectivity index (χ4v) is 4.01. The zero-order valence-corrected chi connectivity index (χ0v) is 19.4. The standard InChI is InChI=1S/C21H26Br2O4/c1-24-18-12-16(22)20(26-3)10-14(18)8-6-5-7-9-15-11-21(27-4)17(23)13-19(15)25-2/h10-13H,5-9H2,1-4H3. The topological polar surface area (TPSA) is 36.9 Å². The molecule has 0 unspecified atom stereocenters. The Morgan fingerprint density at radius 2 is 0.926 bits per heavy atom. The van der Waals surface area contributed by atoms with Gasteiger partial charge in [-0.25, -0.2) is 0 Å². The quantitative estimate of drug-likeness (QED) is 0.363. The van der Waals surface area contributed by atoms with Gasteiger partial charge in [0.2, 0.25) is 0 Å². The van der Waals surface area contributed by atoms with Crippen molar-refractivity contribution in [2.45, 2.75) is 32.1 Å². The van der Waals surface area contributed by atoms with Crippen LogP contribution in [0.25, 0.3) is 0 Å². The predicted molar refractivity (Wildman–Crippen MR) is 116 cm³/mol. The number of ether oxygens (including phenoxy) is 4. The molecule has 0 amide bonds. The van der Waals surface area contributed by atoms with E-state index in [2.05, 4.69) is 31.9 Å². The third-order valence-corrected chi connectivity index (χ3v) is 5.74. The highest BCUT2D eigenvalue weighted by atomic mass is 79.9. The van der Waals surface area contributed by atoms with Crippen LogP contribution < -0.4 is 18.9 Å². The Hall–Kier alpha value is -1.40. The SMILES string of the molecule is COc1cc(CCCCCc2cc(OC)c(Br)cc2OC)c(OC)cc1Br. The second-order valence-electron chi connectivity index (χ2n) is 6.16. The zero-order valence-electron chi connectivity index (χ0n) is 16.2. The third-order valence-electron chi connectivity index (χ3n) is 4.50. The lowest BCUT2D eigenvalue weighted by molar-refractivity contribution is 0.395. The molecular weight excluding hydrogens is 476 g/mol. The van der Waals surface area contributed by atoms with Gasteiger partial charge in [-0.1, -0.05) is 6.42 Å². The van der Waals surface area contributed by atoms with Crippen molar-refractivity contribution in [2.24, 2.45) is 0 Å². The highest BCUT2D eigenvalue weighted by molar-refractivity contribution is 9.10. The first kappa shape index (κ1) is 21.9. The molecule has 0 fully saturated rings. The zero-order chi connectivity index (χ0) is 19.8. The summed E-state index contributed by atoms with van der Waals surface area (Å²) in [5, 5.41) is 0. The minimum absolute atomic E-state index is 0.831. The molecule has 2 rings (SSSR count). The summed E-state index contributed by atoms with van der Waals surface area (Å²) in [6, 6.07) is 8.03. The molecule has 4 nitrogen and oxygen atoms in total. The van der Waals surface area contributed by atoms with Gasteiger partial charge in [0, 0.05) is 0 Å². The van der Waals surface area contributed by atoms with Gasteiger partial charge in [-0.05, 0) is 92.9 Å². The number of aryl methyl sites for hydroxylation is 2. The Bertz CT molecular complexity index is 699. The number of hydrogen-bond donors (Lipinski definition) is 0. The number of rotatable bonds is 10. The lowest BCUT2D eigenvalue weighted by Crippen LogP contribution is -1.97. The summed E-state index contributed by atoms with van der Waals surface area (Å²) in [5.74, 6) is 3.44. The van der Waals surface area contributed by atoms with Gasteiger partial charge in [-0.15, -0.1) is 0 Å². The molecule has 0 aliphatic rings. The van der Waals surface area contributed by atoms with E-state index >= 15 is 0 Å². The van der Waals surface area contributed by atoms with E-state index in [-0.39, 0.29) is 0 Å². The molecule has 0 atom stereocenters. The van der Waals surface area contributed by atoms with Gasteiger partial charge >= 0.3 is 0 Å². The average molecular weight is 502 g/mol. The van der Waals surface area contributed by atoms with Crippen LogP contribution in [0.3, 0.4) is 0 Å². The minimum atomic E-state index is 0.831. The molecule has 6 heteroatoms. The van der Waals surface area contributed by atoms with E-state index in [0.717, 1.165) is 64.0 Å². The second kappa shape index (κ2) is 10.8. The van der Waals surface area contributed by atoms with Gasteiger partial charge in [0.25, 0.3) is 0 Å². The van der Waals surface area contributed by atoms with Crippen LogP contribution in [0.4, 0.5) is 0 Å². The maximum absolute atomic E-state index is 5.50. The van der Waals surface area contributed by atoms with Crippen molar-refractivity contribution in [2.75, 3.05) is 28.4 Å². The van der Waals surface area contributed by atoms with Gasteiger partial charge in [0.1, 0.15) is 23.0 Å². The fraction of sp³-hybridized carbons (Fsp3) is 0.429. The first-order chi connectivity index (χ1) is 13.0. The van der Waals surface area contributed by atoms with Crippen LogP contribution in [0, 0.1) is 0 Å². The van der Waals surface area contributed by atoms with Gasteiger partial charge in [0.15, 0.2) is 0 Å². The Morgan fingerprint density at radius 1 is 0.556 bits per heavy atom. The molecule has 0 radical (unpaired) electrons. The van der Waals surface area contributed by atoms with Crippen LogP contribution in [-0.2, 0) is 12.8 Å². The summed E-state index contributed by atoms with van der Waals surface area (Å²) < 4.78 is 23.6. The van der Waals surface area contributed by atoms with Crippen LogP contribution in [0.2, 0.25) is 0 Å². The van der Waals surface area contributed by atoms with Crippen molar-refractivity contribution >= 4 is 31.9 Å². The number of halogens is 2. The molecule has 148 valence electrons. The van der Waals surface area contributed by atoms with Crippen molar-refractivity contribution in [1.82, 2.24) is 0 Å². The van der Waals surface area contributed by atoms with Crippen LogP contribution >= 0.6 is 31.9 Å². The van der Waals surface area contributed by atoms with Gasteiger partial charge in [-0.2, -0.15) is 0 Å². The van der Waals surface area contributed by atoms with Crippen LogP contribution in [-0.4, -0.2) is 28.4 Å². The molecule has 0 saturated heterocycles. The molecule has 0 bridgehead atoms. The first-order valence-corrected chi connectivity index (χ1v) is 10.4. The maximum atomic E-state index is 5.50. The summed E-state index contributed by atoms with van der Waals surface area (Å²) in [5.41, 5.74) is 2.33. The monoisotopic (exact) mass is 500 g/mol. The lowest BCUT2D eigenvalue weighted by atomic mass is 10.0. The second-order valence-corrected chi connectivity index (χ2v) is 7.87. The van der Waals surface area contributed by atoms with E-state index in [1.54, 1.807) is 28.4 Å². The normalized spacial score (nSPS) is 10.6. The van der Waals surface area contributed by atoms with Crippen molar-refractivity contribution in [1.29, 1.82) is 0 Å². The lowest BCUT2D eigenvalue weighted by Gasteiger charge is -2.13. The molecule has 0 spiro atoms. The number of benzene rings is 2. The van der Waals surface area contributed by atoms with E-state index in [1.165, 1.54) is 11.1 Å². The van der Waals surface area contributed by atoms with Crippen molar-refractivity contribution in [3.8, 4) is 23.0 Å². The first-order valence-electron chi connectivity index (χ1n) is 8.84. The van der Waals surface area contributed by atoms with Crippen LogP contribution in [0.15, 0.2) is 33.2 Å². The highest BCUT2D eigenvalue weighted by Crippen LogP contribution is 2.35. The van der Waals surface area contributed by atoms with Gasteiger partial charge in [-0.3, -0.25) is 0 Å². The van der Waals surface area contributed by atoms with Gasteiger partial charge < -0.3 is 18.9 Å². The summed E-state index contributed by atoms with van der Waals surface area (Å²) in [6.07, 6.45) is 5.18. The Morgan fingerprint density at radius 3 is 1.26 bits per heavy atom. The summed E-state index contributed by atoms with van der Waals surface area (Å²) >= 11 is 7.00. The van der Waals surface area contributed by atoms with Crippen LogP contribution in [0.1, 0.15) is 30.4 Å². The highest BCUT2D eigenvalue weighted by Gasteiger charge is 2.11. The molecule has 27 heavy (non-hydrogen) atoms. The number of hydrogen-bond acceptors (Lipinski definition) is 4. The summed E-state index contributed by atoms with van der Waals surface area (Å²) in [7, 11) is 6.75. The molecular formula is C21H26Br2O4. The predicted octanol–water partition coefficient (Wildman–Crippen LogP) is 6.20. The Kier molecular flexibility index (Phi) is 8.77. The van der Waals surface area contributed by atoms with Crippen LogP contribution in [0.5, 0.6) is 23.0 Å².